The number of nitrogens with one attached hydrogen (secondary N) is 1. The number of fused-ring (bicyclic) bond motifs is 1. The number of rotatable bonds is 3. The minimum absolute atomic E-state index is 0.208. The summed E-state index contributed by atoms with van der Waals surface area (Å²) in [5.41, 5.74) is 14.5. The SMILES string of the molecule is CC1=C2CN(Cc3cnc(C)nc3N)CCN2NC1C1=CCCC=N1. The Balaban J connectivity index is 1.50. The second-order valence-electron chi connectivity index (χ2n) is 6.90. The van der Waals surface area contributed by atoms with E-state index in [0.29, 0.717) is 11.6 Å². The average Bonchev–Trinajstić information content (AvgIpc) is 2.95. The van der Waals surface area contributed by atoms with Crippen LogP contribution in [0.4, 0.5) is 5.82 Å². The number of aliphatic imine (C=N–C) groups is 1. The minimum Gasteiger partial charge on any atom is -0.383 e. The van der Waals surface area contributed by atoms with Crippen molar-refractivity contribution < 1.29 is 0 Å². The molecule has 1 unspecified atom stereocenters. The van der Waals surface area contributed by atoms with Crippen LogP contribution >= 0.6 is 0 Å². The molecule has 3 N–H and O–H groups in total. The Hall–Kier alpha value is -2.25. The van der Waals surface area contributed by atoms with E-state index in [1.165, 1.54) is 11.3 Å². The van der Waals surface area contributed by atoms with Crippen LogP contribution in [0.25, 0.3) is 0 Å². The fraction of sp³-hybridized carbons (Fsp3) is 0.500. The van der Waals surface area contributed by atoms with Gasteiger partial charge in [-0.3, -0.25) is 9.89 Å². The van der Waals surface area contributed by atoms with Crippen LogP contribution in [0, 0.1) is 6.92 Å². The number of allylic oxidation sites excluding steroid dienone is 1. The first-order valence-corrected chi connectivity index (χ1v) is 8.88. The summed E-state index contributed by atoms with van der Waals surface area (Å²) in [6, 6.07) is 0.208. The second-order valence-corrected chi connectivity index (χ2v) is 6.90. The van der Waals surface area contributed by atoms with Crippen LogP contribution in [0.1, 0.15) is 31.2 Å². The summed E-state index contributed by atoms with van der Waals surface area (Å²) in [6.07, 6.45) is 8.26. The molecule has 132 valence electrons. The standard InChI is InChI=1S/C18H25N7/c1-12-16-11-24(10-14-9-21-13(2)22-18(14)19)7-8-25(16)23-17(12)15-5-3-4-6-20-15/h5-6,9,17,23H,3-4,7-8,10-11H2,1-2H3,(H2,19,21,22). The summed E-state index contributed by atoms with van der Waals surface area (Å²) in [4.78, 5) is 15.6. The number of nitrogens with zero attached hydrogens (tertiary/aromatic N) is 5. The van der Waals surface area contributed by atoms with Crippen molar-refractivity contribution in [3.05, 3.63) is 40.6 Å². The van der Waals surface area contributed by atoms with E-state index in [1.54, 1.807) is 0 Å². The lowest BCUT2D eigenvalue weighted by molar-refractivity contribution is 0.142. The molecule has 25 heavy (non-hydrogen) atoms. The van der Waals surface area contributed by atoms with E-state index < -0.39 is 0 Å². The molecule has 0 amide bonds. The highest BCUT2D eigenvalue weighted by Crippen LogP contribution is 2.30. The van der Waals surface area contributed by atoms with Crippen molar-refractivity contribution in [1.29, 1.82) is 0 Å². The quantitative estimate of drug-likeness (QED) is 0.866. The molecular formula is C18H25N7. The molecule has 1 atom stereocenters. The highest BCUT2D eigenvalue weighted by atomic mass is 15.6. The molecule has 0 aromatic carbocycles. The molecule has 4 rings (SSSR count). The lowest BCUT2D eigenvalue weighted by Crippen LogP contribution is -2.48. The fourth-order valence-corrected chi connectivity index (χ4v) is 3.67. The average molecular weight is 339 g/mol. The highest BCUT2D eigenvalue weighted by Gasteiger charge is 2.34. The summed E-state index contributed by atoms with van der Waals surface area (Å²) in [7, 11) is 0. The van der Waals surface area contributed by atoms with Gasteiger partial charge in [0.2, 0.25) is 0 Å². The van der Waals surface area contributed by atoms with E-state index in [9.17, 15) is 0 Å². The first kappa shape index (κ1) is 16.2. The Morgan fingerprint density at radius 3 is 2.92 bits per heavy atom. The molecule has 3 aliphatic heterocycles. The number of nitrogen functional groups attached to an aromatic ring is 1. The van der Waals surface area contributed by atoms with Gasteiger partial charge in [0.15, 0.2) is 0 Å². The second kappa shape index (κ2) is 6.57. The van der Waals surface area contributed by atoms with Crippen molar-refractivity contribution in [3.8, 4) is 0 Å². The van der Waals surface area contributed by atoms with Crippen molar-refractivity contribution in [2.45, 2.75) is 39.3 Å². The molecule has 7 nitrogen and oxygen atoms in total. The molecule has 0 spiro atoms. The smallest absolute Gasteiger partial charge is 0.131 e. The van der Waals surface area contributed by atoms with Crippen LogP contribution in [-0.4, -0.2) is 51.8 Å². The Bertz CT molecular complexity index is 765. The molecule has 4 heterocycles. The van der Waals surface area contributed by atoms with Gasteiger partial charge < -0.3 is 10.7 Å². The van der Waals surface area contributed by atoms with E-state index in [2.05, 4.69) is 43.3 Å². The number of anilines is 1. The molecule has 3 aliphatic rings. The minimum atomic E-state index is 0.208. The number of aryl methyl sites for hydroxylation is 1. The van der Waals surface area contributed by atoms with Gasteiger partial charge in [0, 0.05) is 49.9 Å². The highest BCUT2D eigenvalue weighted by molar-refractivity contribution is 5.61. The number of hydrogen-bond donors (Lipinski definition) is 2. The van der Waals surface area contributed by atoms with E-state index in [4.69, 9.17) is 5.73 Å². The van der Waals surface area contributed by atoms with Gasteiger partial charge in [-0.05, 0) is 32.3 Å². The van der Waals surface area contributed by atoms with E-state index in [0.717, 1.165) is 50.3 Å². The maximum absolute atomic E-state index is 6.06. The summed E-state index contributed by atoms with van der Waals surface area (Å²) in [5.74, 6) is 1.30. The number of piperazine rings is 1. The van der Waals surface area contributed by atoms with Crippen molar-refractivity contribution in [2.24, 2.45) is 4.99 Å². The number of nitrogens with two attached hydrogens (primary N) is 1. The van der Waals surface area contributed by atoms with Gasteiger partial charge in [-0.15, -0.1) is 0 Å². The number of hydrogen-bond acceptors (Lipinski definition) is 7. The van der Waals surface area contributed by atoms with E-state index in [-0.39, 0.29) is 6.04 Å². The largest absolute Gasteiger partial charge is 0.383 e. The summed E-state index contributed by atoms with van der Waals surface area (Å²) in [5, 5.41) is 2.29. The van der Waals surface area contributed by atoms with Crippen LogP contribution in [0.3, 0.4) is 0 Å². The molecule has 1 aromatic heterocycles. The van der Waals surface area contributed by atoms with E-state index in [1.807, 2.05) is 19.3 Å². The number of aromatic nitrogens is 2. The molecule has 7 heteroatoms. The van der Waals surface area contributed by atoms with Gasteiger partial charge in [-0.1, -0.05) is 6.08 Å². The van der Waals surface area contributed by atoms with Gasteiger partial charge in [-0.25, -0.2) is 15.4 Å². The third-order valence-corrected chi connectivity index (χ3v) is 5.11. The van der Waals surface area contributed by atoms with Crippen LogP contribution in [0.2, 0.25) is 0 Å². The Morgan fingerprint density at radius 1 is 1.28 bits per heavy atom. The topological polar surface area (TPSA) is 82.7 Å². The third-order valence-electron chi connectivity index (χ3n) is 5.11. The maximum Gasteiger partial charge on any atom is 0.131 e. The van der Waals surface area contributed by atoms with Crippen LogP contribution in [0.15, 0.2) is 34.2 Å². The Morgan fingerprint density at radius 2 is 2.16 bits per heavy atom. The third kappa shape index (κ3) is 3.17. The van der Waals surface area contributed by atoms with E-state index >= 15 is 0 Å². The summed E-state index contributed by atoms with van der Waals surface area (Å²) >= 11 is 0. The van der Waals surface area contributed by atoms with Crippen LogP contribution in [-0.2, 0) is 6.54 Å². The Kier molecular flexibility index (Phi) is 4.27. The lowest BCUT2D eigenvalue weighted by Gasteiger charge is -2.35. The molecule has 1 saturated heterocycles. The van der Waals surface area contributed by atoms with Crippen molar-refractivity contribution in [2.75, 3.05) is 25.4 Å². The first-order valence-electron chi connectivity index (χ1n) is 8.88. The van der Waals surface area contributed by atoms with Crippen LogP contribution in [0.5, 0.6) is 0 Å². The maximum atomic E-state index is 6.06. The molecule has 0 saturated carbocycles. The fourth-order valence-electron chi connectivity index (χ4n) is 3.67. The van der Waals surface area contributed by atoms with Gasteiger partial charge in [0.25, 0.3) is 0 Å². The van der Waals surface area contributed by atoms with Crippen LogP contribution < -0.4 is 11.2 Å². The molecular weight excluding hydrogens is 314 g/mol. The normalized spacial score (nSPS) is 23.8. The monoisotopic (exact) mass is 339 g/mol. The van der Waals surface area contributed by atoms with Crippen molar-refractivity contribution in [1.82, 2.24) is 25.3 Å². The molecule has 0 aliphatic carbocycles. The van der Waals surface area contributed by atoms with Crippen molar-refractivity contribution in [3.63, 3.8) is 0 Å². The number of hydrazine groups is 1. The van der Waals surface area contributed by atoms with Gasteiger partial charge in [-0.2, -0.15) is 0 Å². The molecule has 1 aromatic rings. The summed E-state index contributed by atoms with van der Waals surface area (Å²) in [6.45, 7) is 7.69. The predicted octanol–water partition coefficient (Wildman–Crippen LogP) is 1.39. The molecule has 0 radical (unpaired) electrons. The Labute approximate surface area is 148 Å². The predicted molar refractivity (Wildman–Crippen MR) is 98.6 cm³/mol. The zero-order valence-electron chi connectivity index (χ0n) is 14.9. The zero-order chi connectivity index (χ0) is 17.4. The van der Waals surface area contributed by atoms with Crippen molar-refractivity contribution >= 4 is 12.0 Å². The van der Waals surface area contributed by atoms with Gasteiger partial charge in [0.1, 0.15) is 11.6 Å². The first-order chi connectivity index (χ1) is 12.1. The zero-order valence-corrected chi connectivity index (χ0v) is 14.9. The summed E-state index contributed by atoms with van der Waals surface area (Å²) < 4.78 is 0. The lowest BCUT2D eigenvalue weighted by atomic mass is 10.0. The molecule has 0 bridgehead atoms. The molecule has 1 fully saturated rings. The van der Waals surface area contributed by atoms with Gasteiger partial charge >= 0.3 is 0 Å². The van der Waals surface area contributed by atoms with Gasteiger partial charge in [0.05, 0.1) is 11.7 Å².